The lowest BCUT2D eigenvalue weighted by Gasteiger charge is -2.13. The van der Waals surface area contributed by atoms with Gasteiger partial charge in [0.05, 0.1) is 16.4 Å². The van der Waals surface area contributed by atoms with Gasteiger partial charge in [0, 0.05) is 12.1 Å². The first-order valence-electron chi connectivity index (χ1n) is 6.58. The highest BCUT2D eigenvalue weighted by Gasteiger charge is 2.17. The Balaban J connectivity index is 2.28. The molecule has 0 radical (unpaired) electrons. The molecule has 0 amide bonds. The van der Waals surface area contributed by atoms with Crippen LogP contribution in [0.25, 0.3) is 0 Å². The lowest BCUT2D eigenvalue weighted by molar-refractivity contribution is -0.384. The standard InChI is InChI=1S/C15H16N2O4S/c1-11-8-14(17(18)19)9-12(2)15(11)16-22(20,21)10-13-6-4-3-5-7-13/h3-9,16H,10H2,1-2H3. The maximum atomic E-state index is 12.2. The van der Waals surface area contributed by atoms with Gasteiger partial charge in [0.1, 0.15) is 0 Å². The summed E-state index contributed by atoms with van der Waals surface area (Å²) in [4.78, 5) is 10.3. The van der Waals surface area contributed by atoms with E-state index in [0.29, 0.717) is 22.4 Å². The number of sulfonamides is 1. The van der Waals surface area contributed by atoms with Crippen LogP contribution in [-0.2, 0) is 15.8 Å². The highest BCUT2D eigenvalue weighted by Crippen LogP contribution is 2.27. The molecule has 0 aromatic heterocycles. The van der Waals surface area contributed by atoms with E-state index >= 15 is 0 Å². The van der Waals surface area contributed by atoms with E-state index in [1.165, 1.54) is 12.1 Å². The number of non-ortho nitro benzene ring substituents is 1. The smallest absolute Gasteiger partial charge is 0.270 e. The molecule has 2 aromatic carbocycles. The summed E-state index contributed by atoms with van der Waals surface area (Å²) in [5, 5.41) is 10.8. The normalized spacial score (nSPS) is 11.2. The van der Waals surface area contributed by atoms with Crippen molar-refractivity contribution in [3.63, 3.8) is 0 Å². The fraction of sp³-hybridized carbons (Fsp3) is 0.200. The van der Waals surface area contributed by atoms with Gasteiger partial charge in [-0.05, 0) is 30.5 Å². The van der Waals surface area contributed by atoms with E-state index in [2.05, 4.69) is 4.72 Å². The maximum absolute atomic E-state index is 12.2. The molecule has 0 fully saturated rings. The van der Waals surface area contributed by atoms with Crippen LogP contribution in [0.1, 0.15) is 16.7 Å². The molecule has 0 heterocycles. The number of hydrogen-bond acceptors (Lipinski definition) is 4. The van der Waals surface area contributed by atoms with E-state index in [9.17, 15) is 18.5 Å². The van der Waals surface area contributed by atoms with Crippen molar-refractivity contribution in [1.29, 1.82) is 0 Å². The lowest BCUT2D eigenvalue weighted by Crippen LogP contribution is -2.16. The van der Waals surface area contributed by atoms with E-state index in [4.69, 9.17) is 0 Å². The van der Waals surface area contributed by atoms with Crippen LogP contribution in [0.2, 0.25) is 0 Å². The van der Waals surface area contributed by atoms with Gasteiger partial charge in [-0.15, -0.1) is 0 Å². The number of benzene rings is 2. The van der Waals surface area contributed by atoms with E-state index < -0.39 is 14.9 Å². The van der Waals surface area contributed by atoms with Crippen LogP contribution < -0.4 is 4.72 Å². The van der Waals surface area contributed by atoms with Gasteiger partial charge in [-0.2, -0.15) is 0 Å². The first kappa shape index (κ1) is 16.0. The molecule has 0 saturated heterocycles. The van der Waals surface area contributed by atoms with Crippen LogP contribution in [0, 0.1) is 24.0 Å². The molecule has 22 heavy (non-hydrogen) atoms. The zero-order chi connectivity index (χ0) is 16.3. The summed E-state index contributed by atoms with van der Waals surface area (Å²) in [5.74, 6) is -0.149. The van der Waals surface area contributed by atoms with Crippen molar-refractivity contribution in [3.05, 3.63) is 69.3 Å². The second-order valence-electron chi connectivity index (χ2n) is 5.06. The summed E-state index contributed by atoms with van der Waals surface area (Å²) in [6.45, 7) is 3.28. The van der Waals surface area contributed by atoms with Crippen LogP contribution in [0.4, 0.5) is 11.4 Å². The van der Waals surface area contributed by atoms with Crippen molar-refractivity contribution in [2.24, 2.45) is 0 Å². The Morgan fingerprint density at radius 1 is 1.09 bits per heavy atom. The van der Waals surface area contributed by atoms with Gasteiger partial charge in [0.2, 0.25) is 10.0 Å². The average molecular weight is 320 g/mol. The molecule has 6 nitrogen and oxygen atoms in total. The van der Waals surface area contributed by atoms with Crippen LogP contribution in [0.5, 0.6) is 0 Å². The second-order valence-corrected chi connectivity index (χ2v) is 6.78. The van der Waals surface area contributed by atoms with Crippen molar-refractivity contribution in [2.75, 3.05) is 4.72 Å². The summed E-state index contributed by atoms with van der Waals surface area (Å²) in [7, 11) is -3.59. The molecule has 0 unspecified atom stereocenters. The monoisotopic (exact) mass is 320 g/mol. The fourth-order valence-electron chi connectivity index (χ4n) is 2.19. The Bertz CT molecular complexity index is 779. The maximum Gasteiger partial charge on any atom is 0.270 e. The molecule has 7 heteroatoms. The number of nitrogens with one attached hydrogen (secondary N) is 1. The largest absolute Gasteiger partial charge is 0.283 e. The highest BCUT2D eigenvalue weighted by molar-refractivity contribution is 7.91. The number of rotatable bonds is 5. The third-order valence-corrected chi connectivity index (χ3v) is 4.41. The van der Waals surface area contributed by atoms with Gasteiger partial charge < -0.3 is 0 Å². The van der Waals surface area contributed by atoms with Crippen molar-refractivity contribution in [2.45, 2.75) is 19.6 Å². The summed E-state index contributed by atoms with van der Waals surface area (Å²) in [6, 6.07) is 11.5. The molecule has 0 aliphatic heterocycles. The van der Waals surface area contributed by atoms with E-state index in [1.807, 2.05) is 6.07 Å². The van der Waals surface area contributed by atoms with E-state index in [-0.39, 0.29) is 11.4 Å². The third-order valence-electron chi connectivity index (χ3n) is 3.19. The quantitative estimate of drug-likeness (QED) is 0.677. The van der Waals surface area contributed by atoms with Gasteiger partial charge in [0.25, 0.3) is 5.69 Å². The summed E-state index contributed by atoms with van der Waals surface area (Å²) in [6.07, 6.45) is 0. The molecule has 116 valence electrons. The summed E-state index contributed by atoms with van der Waals surface area (Å²) >= 11 is 0. The number of nitrogens with zero attached hydrogens (tertiary/aromatic N) is 1. The second kappa shape index (κ2) is 6.15. The number of anilines is 1. The molecule has 0 atom stereocenters. The SMILES string of the molecule is Cc1cc([N+](=O)[O-])cc(C)c1NS(=O)(=O)Cc1ccccc1. The van der Waals surface area contributed by atoms with Gasteiger partial charge >= 0.3 is 0 Å². The number of hydrogen-bond donors (Lipinski definition) is 1. The molecule has 0 spiro atoms. The molecule has 0 saturated carbocycles. The number of nitro groups is 1. The van der Waals surface area contributed by atoms with Crippen LogP contribution >= 0.6 is 0 Å². The molecule has 1 N–H and O–H groups in total. The zero-order valence-corrected chi connectivity index (χ0v) is 13.1. The fourth-order valence-corrected chi connectivity index (χ4v) is 3.53. The Hall–Kier alpha value is -2.41. The van der Waals surface area contributed by atoms with Crippen LogP contribution in [-0.4, -0.2) is 13.3 Å². The van der Waals surface area contributed by atoms with Crippen molar-refractivity contribution < 1.29 is 13.3 Å². The van der Waals surface area contributed by atoms with Gasteiger partial charge in [-0.3, -0.25) is 14.8 Å². The molecule has 0 aliphatic carbocycles. The molecular weight excluding hydrogens is 304 g/mol. The molecule has 0 bridgehead atoms. The minimum atomic E-state index is -3.59. The van der Waals surface area contributed by atoms with Crippen molar-refractivity contribution in [1.82, 2.24) is 0 Å². The van der Waals surface area contributed by atoms with Crippen LogP contribution in [0.15, 0.2) is 42.5 Å². The third kappa shape index (κ3) is 3.82. The average Bonchev–Trinajstić information content (AvgIpc) is 2.43. The first-order chi connectivity index (χ1) is 10.3. The Morgan fingerprint density at radius 3 is 2.14 bits per heavy atom. The predicted molar refractivity (Wildman–Crippen MR) is 85.3 cm³/mol. The molecular formula is C15H16N2O4S. The van der Waals surface area contributed by atoms with Crippen molar-refractivity contribution >= 4 is 21.4 Å². The lowest BCUT2D eigenvalue weighted by atomic mass is 10.1. The van der Waals surface area contributed by atoms with Crippen molar-refractivity contribution in [3.8, 4) is 0 Å². The number of nitro benzene ring substituents is 1. The highest BCUT2D eigenvalue weighted by atomic mass is 32.2. The predicted octanol–water partition coefficient (Wildman–Crippen LogP) is 3.15. The van der Waals surface area contributed by atoms with Gasteiger partial charge in [-0.1, -0.05) is 30.3 Å². The minimum Gasteiger partial charge on any atom is -0.283 e. The molecule has 2 rings (SSSR count). The first-order valence-corrected chi connectivity index (χ1v) is 8.24. The molecule has 0 aliphatic rings. The van der Waals surface area contributed by atoms with E-state index in [1.54, 1.807) is 38.1 Å². The number of aryl methyl sites for hydroxylation is 2. The Morgan fingerprint density at radius 2 is 1.64 bits per heavy atom. The van der Waals surface area contributed by atoms with Crippen LogP contribution in [0.3, 0.4) is 0 Å². The Labute approximate surface area is 129 Å². The Kier molecular flexibility index (Phi) is 4.46. The zero-order valence-electron chi connectivity index (χ0n) is 12.2. The van der Waals surface area contributed by atoms with E-state index in [0.717, 1.165) is 0 Å². The topological polar surface area (TPSA) is 89.3 Å². The summed E-state index contributed by atoms with van der Waals surface area (Å²) in [5.41, 5.74) is 2.04. The minimum absolute atomic E-state index is 0.0546. The molecule has 2 aromatic rings. The van der Waals surface area contributed by atoms with Gasteiger partial charge in [-0.25, -0.2) is 8.42 Å². The summed E-state index contributed by atoms with van der Waals surface area (Å²) < 4.78 is 27.0. The van der Waals surface area contributed by atoms with Gasteiger partial charge in [0.15, 0.2) is 0 Å².